The van der Waals surface area contributed by atoms with E-state index in [-0.39, 0.29) is 0 Å². The van der Waals surface area contributed by atoms with Crippen LogP contribution in [0.3, 0.4) is 0 Å². The number of rotatable bonds is 2. The third kappa shape index (κ3) is 2.28. The molecule has 0 saturated heterocycles. The summed E-state index contributed by atoms with van der Waals surface area (Å²) in [5.74, 6) is 1.28. The van der Waals surface area contributed by atoms with E-state index in [1.54, 1.807) is 6.20 Å². The first-order valence-electron chi connectivity index (χ1n) is 6.22. The second-order valence-electron chi connectivity index (χ2n) is 4.58. The molecule has 2 aromatic carbocycles. The molecule has 0 spiro atoms. The third-order valence-corrected chi connectivity index (χ3v) is 3.42. The van der Waals surface area contributed by atoms with Crippen LogP contribution in [0, 0.1) is 6.92 Å². The molecular formula is C16H13ClN2O. The van der Waals surface area contributed by atoms with Gasteiger partial charge in [-0.25, -0.2) is 4.98 Å². The van der Waals surface area contributed by atoms with E-state index in [0.717, 1.165) is 22.1 Å². The monoisotopic (exact) mass is 284 g/mol. The van der Waals surface area contributed by atoms with Crippen LogP contribution in [0.2, 0.25) is 5.02 Å². The zero-order valence-electron chi connectivity index (χ0n) is 10.9. The highest BCUT2D eigenvalue weighted by atomic mass is 35.5. The number of nitrogen functional groups attached to an aromatic ring is 1. The SMILES string of the molecule is Cc1cc(N)cnc1Oc1ccc(Cl)c2ccccc12. The van der Waals surface area contributed by atoms with E-state index in [0.29, 0.717) is 16.6 Å². The van der Waals surface area contributed by atoms with Crippen molar-refractivity contribution in [1.29, 1.82) is 0 Å². The molecule has 2 N–H and O–H groups in total. The zero-order chi connectivity index (χ0) is 14.1. The van der Waals surface area contributed by atoms with Gasteiger partial charge in [0.15, 0.2) is 0 Å². The van der Waals surface area contributed by atoms with Crippen LogP contribution in [-0.2, 0) is 0 Å². The van der Waals surface area contributed by atoms with Crippen LogP contribution in [0.5, 0.6) is 11.6 Å². The molecule has 1 heterocycles. The van der Waals surface area contributed by atoms with Crippen molar-refractivity contribution in [2.75, 3.05) is 5.73 Å². The van der Waals surface area contributed by atoms with Crippen molar-refractivity contribution >= 4 is 28.1 Å². The van der Waals surface area contributed by atoms with Crippen molar-refractivity contribution in [3.63, 3.8) is 0 Å². The van der Waals surface area contributed by atoms with Crippen molar-refractivity contribution in [1.82, 2.24) is 4.98 Å². The first-order valence-corrected chi connectivity index (χ1v) is 6.60. The van der Waals surface area contributed by atoms with E-state index in [1.807, 2.05) is 49.4 Å². The summed E-state index contributed by atoms with van der Waals surface area (Å²) in [5, 5.41) is 2.62. The first-order chi connectivity index (χ1) is 9.65. The Bertz CT molecular complexity index is 787. The fourth-order valence-corrected chi connectivity index (χ4v) is 2.35. The van der Waals surface area contributed by atoms with Crippen molar-refractivity contribution in [2.45, 2.75) is 6.92 Å². The molecule has 0 atom stereocenters. The minimum atomic E-state index is 0.548. The van der Waals surface area contributed by atoms with Crippen molar-refractivity contribution in [2.24, 2.45) is 0 Å². The highest BCUT2D eigenvalue weighted by Crippen LogP contribution is 2.34. The molecule has 0 aliphatic heterocycles. The van der Waals surface area contributed by atoms with Gasteiger partial charge in [-0.1, -0.05) is 35.9 Å². The van der Waals surface area contributed by atoms with Gasteiger partial charge in [0, 0.05) is 21.4 Å². The second kappa shape index (κ2) is 5.02. The Morgan fingerprint density at radius 3 is 2.60 bits per heavy atom. The molecule has 0 bridgehead atoms. The Balaban J connectivity index is 2.09. The molecule has 0 amide bonds. The maximum atomic E-state index is 6.20. The summed E-state index contributed by atoms with van der Waals surface area (Å²) in [6.45, 7) is 1.91. The van der Waals surface area contributed by atoms with E-state index in [2.05, 4.69) is 4.98 Å². The van der Waals surface area contributed by atoms with Gasteiger partial charge in [-0.3, -0.25) is 0 Å². The summed E-state index contributed by atoms with van der Waals surface area (Å²) in [6, 6.07) is 13.4. The van der Waals surface area contributed by atoms with Crippen LogP contribution >= 0.6 is 11.6 Å². The summed E-state index contributed by atoms with van der Waals surface area (Å²) in [6.07, 6.45) is 1.58. The summed E-state index contributed by atoms with van der Waals surface area (Å²) < 4.78 is 5.91. The lowest BCUT2D eigenvalue weighted by molar-refractivity contribution is 0.464. The van der Waals surface area contributed by atoms with Crippen LogP contribution in [0.1, 0.15) is 5.56 Å². The van der Waals surface area contributed by atoms with Crippen molar-refractivity contribution < 1.29 is 4.74 Å². The molecule has 4 heteroatoms. The Morgan fingerprint density at radius 2 is 1.85 bits per heavy atom. The van der Waals surface area contributed by atoms with Gasteiger partial charge in [-0.2, -0.15) is 0 Å². The number of aromatic nitrogens is 1. The normalized spacial score (nSPS) is 10.7. The number of halogens is 1. The molecule has 0 saturated carbocycles. The molecule has 1 aromatic heterocycles. The molecule has 3 aromatic rings. The Labute approximate surface area is 122 Å². The molecule has 0 aliphatic rings. The van der Waals surface area contributed by atoms with Gasteiger partial charge in [0.1, 0.15) is 5.75 Å². The molecule has 0 unspecified atom stereocenters. The lowest BCUT2D eigenvalue weighted by atomic mass is 10.1. The predicted molar refractivity (Wildman–Crippen MR) is 82.4 cm³/mol. The number of hydrogen-bond acceptors (Lipinski definition) is 3. The quantitative estimate of drug-likeness (QED) is 0.750. The number of anilines is 1. The van der Waals surface area contributed by atoms with E-state index >= 15 is 0 Å². The maximum absolute atomic E-state index is 6.20. The molecule has 20 heavy (non-hydrogen) atoms. The number of benzene rings is 2. The number of hydrogen-bond donors (Lipinski definition) is 1. The molecule has 3 rings (SSSR count). The van der Waals surface area contributed by atoms with Gasteiger partial charge in [0.05, 0.1) is 11.9 Å². The number of ether oxygens (including phenoxy) is 1. The van der Waals surface area contributed by atoms with Gasteiger partial charge < -0.3 is 10.5 Å². The lowest BCUT2D eigenvalue weighted by Gasteiger charge is -2.11. The fraction of sp³-hybridized carbons (Fsp3) is 0.0625. The molecular weight excluding hydrogens is 272 g/mol. The van der Waals surface area contributed by atoms with E-state index in [1.165, 1.54) is 0 Å². The second-order valence-corrected chi connectivity index (χ2v) is 4.99. The molecule has 0 fully saturated rings. The van der Waals surface area contributed by atoms with E-state index in [9.17, 15) is 0 Å². The molecule has 100 valence electrons. The molecule has 3 nitrogen and oxygen atoms in total. The zero-order valence-corrected chi connectivity index (χ0v) is 11.7. The van der Waals surface area contributed by atoms with Gasteiger partial charge in [-0.05, 0) is 25.1 Å². The highest BCUT2D eigenvalue weighted by molar-refractivity contribution is 6.35. The Kier molecular flexibility index (Phi) is 3.20. The van der Waals surface area contributed by atoms with Crippen LogP contribution in [-0.4, -0.2) is 4.98 Å². The average Bonchev–Trinajstić information content (AvgIpc) is 2.45. The largest absolute Gasteiger partial charge is 0.438 e. The third-order valence-electron chi connectivity index (χ3n) is 3.09. The van der Waals surface area contributed by atoms with E-state index < -0.39 is 0 Å². The summed E-state index contributed by atoms with van der Waals surface area (Å²) in [7, 11) is 0. The summed E-state index contributed by atoms with van der Waals surface area (Å²) in [4.78, 5) is 4.22. The number of nitrogens with two attached hydrogens (primary N) is 1. The van der Waals surface area contributed by atoms with Gasteiger partial charge in [0.25, 0.3) is 0 Å². The number of nitrogens with zero attached hydrogens (tertiary/aromatic N) is 1. The Morgan fingerprint density at radius 1 is 1.10 bits per heavy atom. The number of aryl methyl sites for hydroxylation is 1. The van der Waals surface area contributed by atoms with Crippen LogP contribution in [0.4, 0.5) is 5.69 Å². The minimum absolute atomic E-state index is 0.548. The van der Waals surface area contributed by atoms with Crippen LogP contribution in [0.25, 0.3) is 10.8 Å². The summed E-state index contributed by atoms with van der Waals surface area (Å²) in [5.41, 5.74) is 7.21. The van der Waals surface area contributed by atoms with E-state index in [4.69, 9.17) is 22.1 Å². The van der Waals surface area contributed by atoms with Gasteiger partial charge >= 0.3 is 0 Å². The molecule has 0 aliphatic carbocycles. The fourth-order valence-electron chi connectivity index (χ4n) is 2.12. The van der Waals surface area contributed by atoms with Crippen LogP contribution < -0.4 is 10.5 Å². The minimum Gasteiger partial charge on any atom is -0.438 e. The van der Waals surface area contributed by atoms with Crippen LogP contribution in [0.15, 0.2) is 48.7 Å². The standard InChI is InChI=1S/C16H13ClN2O/c1-10-8-11(18)9-19-16(10)20-15-7-6-14(17)12-4-2-3-5-13(12)15/h2-9H,18H2,1H3. The predicted octanol–water partition coefficient (Wildman–Crippen LogP) is 4.57. The Hall–Kier alpha value is -2.26. The summed E-state index contributed by atoms with van der Waals surface area (Å²) >= 11 is 6.20. The highest BCUT2D eigenvalue weighted by Gasteiger charge is 2.08. The van der Waals surface area contributed by atoms with Crippen molar-refractivity contribution in [3.8, 4) is 11.6 Å². The average molecular weight is 285 g/mol. The number of pyridine rings is 1. The number of fused-ring (bicyclic) bond motifs is 1. The lowest BCUT2D eigenvalue weighted by Crippen LogP contribution is -1.94. The maximum Gasteiger partial charge on any atom is 0.222 e. The van der Waals surface area contributed by atoms with Gasteiger partial charge in [0.2, 0.25) is 5.88 Å². The first kappa shape index (κ1) is 12.8. The smallest absolute Gasteiger partial charge is 0.222 e. The topological polar surface area (TPSA) is 48.1 Å². The molecule has 0 radical (unpaired) electrons. The van der Waals surface area contributed by atoms with Crippen molar-refractivity contribution in [3.05, 3.63) is 59.2 Å². The van der Waals surface area contributed by atoms with Gasteiger partial charge in [-0.15, -0.1) is 0 Å².